The molecule has 110 valence electrons. The number of benzene rings is 1. The van der Waals surface area contributed by atoms with Gasteiger partial charge in [-0.25, -0.2) is 0 Å². The minimum atomic E-state index is 0.0279. The Labute approximate surface area is 122 Å². The lowest BCUT2D eigenvalue weighted by molar-refractivity contribution is -0.0643. The molecule has 1 saturated heterocycles. The summed E-state index contributed by atoms with van der Waals surface area (Å²) in [5, 5.41) is 3.93. The van der Waals surface area contributed by atoms with Gasteiger partial charge in [-0.1, -0.05) is 30.7 Å². The Balaban J connectivity index is 1.73. The predicted molar refractivity (Wildman–Crippen MR) is 82.9 cm³/mol. The van der Waals surface area contributed by atoms with E-state index in [1.807, 2.05) is 0 Å². The maximum absolute atomic E-state index is 5.84. The third-order valence-corrected chi connectivity index (χ3v) is 4.75. The molecule has 0 aromatic heterocycles. The SMILES string of the molecule is CC1(C)CC(NC2CCCCc3ccccc32)CCO1. The number of rotatable bonds is 2. The second kappa shape index (κ2) is 5.87. The summed E-state index contributed by atoms with van der Waals surface area (Å²) in [6.07, 6.45) is 7.43. The Hall–Kier alpha value is -0.860. The maximum atomic E-state index is 5.84. The van der Waals surface area contributed by atoms with Gasteiger partial charge in [0.15, 0.2) is 0 Å². The molecule has 3 rings (SSSR count). The van der Waals surface area contributed by atoms with Gasteiger partial charge in [-0.2, -0.15) is 0 Å². The third-order valence-electron chi connectivity index (χ3n) is 4.75. The molecule has 0 bridgehead atoms. The van der Waals surface area contributed by atoms with Crippen molar-refractivity contribution in [3.8, 4) is 0 Å². The van der Waals surface area contributed by atoms with E-state index < -0.39 is 0 Å². The highest BCUT2D eigenvalue weighted by atomic mass is 16.5. The first-order valence-corrected chi connectivity index (χ1v) is 8.12. The molecule has 1 aliphatic carbocycles. The zero-order valence-corrected chi connectivity index (χ0v) is 12.8. The van der Waals surface area contributed by atoms with E-state index in [1.165, 1.54) is 31.2 Å². The topological polar surface area (TPSA) is 21.3 Å². The Morgan fingerprint density at radius 2 is 2.00 bits per heavy atom. The third kappa shape index (κ3) is 3.24. The smallest absolute Gasteiger partial charge is 0.0641 e. The lowest BCUT2D eigenvalue weighted by Gasteiger charge is -2.38. The fourth-order valence-corrected chi connectivity index (χ4v) is 3.75. The minimum Gasteiger partial charge on any atom is -0.375 e. The van der Waals surface area contributed by atoms with Crippen molar-refractivity contribution >= 4 is 0 Å². The standard InChI is InChI=1S/C18H27NO/c1-18(2)13-15(11-12-20-18)19-17-10-6-4-8-14-7-3-5-9-16(14)17/h3,5,7,9,15,17,19H,4,6,8,10-13H2,1-2H3. The number of nitrogens with one attached hydrogen (secondary N) is 1. The summed E-state index contributed by atoms with van der Waals surface area (Å²) in [4.78, 5) is 0. The lowest BCUT2D eigenvalue weighted by atomic mass is 9.91. The van der Waals surface area contributed by atoms with Gasteiger partial charge in [0.2, 0.25) is 0 Å². The van der Waals surface area contributed by atoms with Gasteiger partial charge in [-0.05, 0) is 57.1 Å². The summed E-state index contributed by atoms with van der Waals surface area (Å²) in [6, 6.07) is 10.1. The van der Waals surface area contributed by atoms with Crippen LogP contribution in [0, 0.1) is 0 Å². The zero-order valence-electron chi connectivity index (χ0n) is 12.8. The maximum Gasteiger partial charge on any atom is 0.0641 e. The lowest BCUT2D eigenvalue weighted by Crippen LogP contribution is -2.44. The quantitative estimate of drug-likeness (QED) is 0.822. The molecule has 2 nitrogen and oxygen atoms in total. The molecule has 2 atom stereocenters. The normalized spacial score (nSPS) is 29.5. The van der Waals surface area contributed by atoms with Crippen LogP contribution in [0.5, 0.6) is 0 Å². The monoisotopic (exact) mass is 273 g/mol. The van der Waals surface area contributed by atoms with E-state index in [0.717, 1.165) is 19.4 Å². The second-order valence-electron chi connectivity index (χ2n) is 6.96. The van der Waals surface area contributed by atoms with Crippen LogP contribution in [-0.4, -0.2) is 18.2 Å². The molecule has 1 N–H and O–H groups in total. The molecule has 2 heteroatoms. The highest BCUT2D eigenvalue weighted by molar-refractivity contribution is 5.31. The first kappa shape index (κ1) is 14.1. The van der Waals surface area contributed by atoms with E-state index in [-0.39, 0.29) is 5.60 Å². The summed E-state index contributed by atoms with van der Waals surface area (Å²) in [5.74, 6) is 0. The van der Waals surface area contributed by atoms with Crippen LogP contribution in [0.2, 0.25) is 0 Å². The molecule has 20 heavy (non-hydrogen) atoms. The van der Waals surface area contributed by atoms with Crippen LogP contribution in [-0.2, 0) is 11.2 Å². The highest BCUT2D eigenvalue weighted by Gasteiger charge is 2.30. The summed E-state index contributed by atoms with van der Waals surface area (Å²) < 4.78 is 5.84. The summed E-state index contributed by atoms with van der Waals surface area (Å²) >= 11 is 0. The first-order chi connectivity index (χ1) is 9.64. The Morgan fingerprint density at radius 1 is 1.15 bits per heavy atom. The average Bonchev–Trinajstić information content (AvgIpc) is 2.61. The molecule has 1 heterocycles. The van der Waals surface area contributed by atoms with E-state index in [2.05, 4.69) is 43.4 Å². The summed E-state index contributed by atoms with van der Waals surface area (Å²) in [7, 11) is 0. The van der Waals surface area contributed by atoms with Crippen molar-refractivity contribution in [2.45, 2.75) is 70.1 Å². The van der Waals surface area contributed by atoms with Crippen molar-refractivity contribution in [2.24, 2.45) is 0 Å². The van der Waals surface area contributed by atoms with Crippen LogP contribution in [0.3, 0.4) is 0 Å². The molecule has 1 aromatic rings. The van der Waals surface area contributed by atoms with Crippen LogP contribution in [0.15, 0.2) is 24.3 Å². The van der Waals surface area contributed by atoms with Crippen LogP contribution in [0.1, 0.15) is 63.1 Å². The molecular formula is C18H27NO. The van der Waals surface area contributed by atoms with Crippen molar-refractivity contribution in [1.29, 1.82) is 0 Å². The molecule has 2 aliphatic rings. The average molecular weight is 273 g/mol. The van der Waals surface area contributed by atoms with Crippen LogP contribution >= 0.6 is 0 Å². The van der Waals surface area contributed by atoms with Crippen LogP contribution in [0.25, 0.3) is 0 Å². The van der Waals surface area contributed by atoms with Gasteiger partial charge < -0.3 is 10.1 Å². The van der Waals surface area contributed by atoms with Crippen molar-refractivity contribution < 1.29 is 4.74 Å². The number of fused-ring (bicyclic) bond motifs is 1. The second-order valence-corrected chi connectivity index (χ2v) is 6.96. The van der Waals surface area contributed by atoms with Crippen molar-refractivity contribution in [3.05, 3.63) is 35.4 Å². The van der Waals surface area contributed by atoms with Gasteiger partial charge in [-0.3, -0.25) is 0 Å². The van der Waals surface area contributed by atoms with Crippen molar-refractivity contribution in [3.63, 3.8) is 0 Å². The predicted octanol–water partition coefficient (Wildman–Crippen LogP) is 4.00. The molecule has 0 spiro atoms. The number of aryl methyl sites for hydroxylation is 1. The molecule has 1 fully saturated rings. The molecule has 1 aliphatic heterocycles. The van der Waals surface area contributed by atoms with E-state index in [9.17, 15) is 0 Å². The largest absolute Gasteiger partial charge is 0.375 e. The fourth-order valence-electron chi connectivity index (χ4n) is 3.75. The summed E-state index contributed by atoms with van der Waals surface area (Å²) in [5.41, 5.74) is 3.11. The molecular weight excluding hydrogens is 246 g/mol. The van der Waals surface area contributed by atoms with Gasteiger partial charge in [0.25, 0.3) is 0 Å². The molecule has 0 radical (unpaired) electrons. The minimum absolute atomic E-state index is 0.0279. The molecule has 0 amide bonds. The van der Waals surface area contributed by atoms with E-state index in [4.69, 9.17) is 4.74 Å². The molecule has 2 unspecified atom stereocenters. The number of hydrogen-bond acceptors (Lipinski definition) is 2. The van der Waals surface area contributed by atoms with Gasteiger partial charge in [0.1, 0.15) is 0 Å². The molecule has 1 aromatic carbocycles. The zero-order chi connectivity index (χ0) is 14.0. The number of hydrogen-bond donors (Lipinski definition) is 1. The van der Waals surface area contributed by atoms with Gasteiger partial charge in [0, 0.05) is 18.7 Å². The van der Waals surface area contributed by atoms with Gasteiger partial charge >= 0.3 is 0 Å². The Kier molecular flexibility index (Phi) is 4.13. The van der Waals surface area contributed by atoms with E-state index in [1.54, 1.807) is 5.56 Å². The van der Waals surface area contributed by atoms with E-state index >= 15 is 0 Å². The van der Waals surface area contributed by atoms with Crippen LogP contribution in [0.4, 0.5) is 0 Å². The van der Waals surface area contributed by atoms with E-state index in [0.29, 0.717) is 12.1 Å². The first-order valence-electron chi connectivity index (χ1n) is 8.12. The summed E-state index contributed by atoms with van der Waals surface area (Å²) in [6.45, 7) is 5.31. The van der Waals surface area contributed by atoms with Crippen molar-refractivity contribution in [2.75, 3.05) is 6.61 Å². The highest BCUT2D eigenvalue weighted by Crippen LogP contribution is 2.31. The number of ether oxygens (including phenoxy) is 1. The fraction of sp³-hybridized carbons (Fsp3) is 0.667. The Morgan fingerprint density at radius 3 is 2.85 bits per heavy atom. The van der Waals surface area contributed by atoms with Gasteiger partial charge in [-0.15, -0.1) is 0 Å². The Bertz CT molecular complexity index is 454. The van der Waals surface area contributed by atoms with Gasteiger partial charge in [0.05, 0.1) is 5.60 Å². The molecule has 0 saturated carbocycles. The van der Waals surface area contributed by atoms with Crippen molar-refractivity contribution in [1.82, 2.24) is 5.32 Å². The van der Waals surface area contributed by atoms with Crippen LogP contribution < -0.4 is 5.32 Å².